The standard InChI is InChI=1S/C16H23ClN4O3/c1-7-23-8-11-19-12-13(9(2)10(3)18-14(12)17)21(11)20-15(22)24-16(4,5)6/h7-8H2,1-6H3,(H,20,22). The van der Waals surface area contributed by atoms with Crippen LogP contribution in [-0.2, 0) is 16.1 Å². The summed E-state index contributed by atoms with van der Waals surface area (Å²) < 4.78 is 12.3. The first-order chi connectivity index (χ1) is 11.1. The minimum Gasteiger partial charge on any atom is -0.443 e. The van der Waals surface area contributed by atoms with Crippen LogP contribution in [0.15, 0.2) is 0 Å². The third-order valence-electron chi connectivity index (χ3n) is 3.34. The number of ether oxygens (including phenoxy) is 2. The second kappa shape index (κ2) is 6.94. The summed E-state index contributed by atoms with van der Waals surface area (Å²) >= 11 is 6.22. The van der Waals surface area contributed by atoms with Gasteiger partial charge >= 0.3 is 6.09 Å². The summed E-state index contributed by atoms with van der Waals surface area (Å²) in [7, 11) is 0. The van der Waals surface area contributed by atoms with Gasteiger partial charge in [-0.25, -0.2) is 24.9 Å². The molecule has 1 amide bonds. The molecule has 0 aromatic carbocycles. The van der Waals surface area contributed by atoms with Crippen LogP contribution in [0.25, 0.3) is 11.0 Å². The molecule has 0 spiro atoms. The van der Waals surface area contributed by atoms with Gasteiger partial charge in [-0.1, -0.05) is 11.6 Å². The Bertz CT molecular complexity index is 765. The molecule has 0 aliphatic carbocycles. The predicted octanol–water partition coefficient (Wildman–Crippen LogP) is 3.72. The molecule has 0 fully saturated rings. The lowest BCUT2D eigenvalue weighted by Gasteiger charge is -2.21. The average molecular weight is 355 g/mol. The Morgan fingerprint density at radius 2 is 1.96 bits per heavy atom. The monoisotopic (exact) mass is 354 g/mol. The van der Waals surface area contributed by atoms with Gasteiger partial charge in [-0.2, -0.15) is 0 Å². The number of fused-ring (bicyclic) bond motifs is 1. The molecule has 2 aromatic heterocycles. The van der Waals surface area contributed by atoms with E-state index < -0.39 is 11.7 Å². The van der Waals surface area contributed by atoms with Crippen molar-refractivity contribution in [1.29, 1.82) is 0 Å². The van der Waals surface area contributed by atoms with Crippen LogP contribution in [0.5, 0.6) is 0 Å². The fourth-order valence-electron chi connectivity index (χ4n) is 2.21. The molecule has 0 saturated carbocycles. The van der Waals surface area contributed by atoms with Crippen LogP contribution in [0.2, 0.25) is 5.15 Å². The second-order valence-electron chi connectivity index (χ2n) is 6.42. The van der Waals surface area contributed by atoms with E-state index in [1.807, 2.05) is 20.8 Å². The van der Waals surface area contributed by atoms with Crippen molar-refractivity contribution in [3.63, 3.8) is 0 Å². The van der Waals surface area contributed by atoms with Gasteiger partial charge in [0.05, 0.1) is 5.52 Å². The molecule has 7 nitrogen and oxygen atoms in total. The lowest BCUT2D eigenvalue weighted by Crippen LogP contribution is -2.32. The molecule has 8 heteroatoms. The zero-order chi connectivity index (χ0) is 18.1. The summed E-state index contributed by atoms with van der Waals surface area (Å²) in [5.41, 5.74) is 4.96. The Morgan fingerprint density at radius 3 is 2.54 bits per heavy atom. The van der Waals surface area contributed by atoms with Crippen molar-refractivity contribution in [2.24, 2.45) is 0 Å². The number of hydrogen-bond acceptors (Lipinski definition) is 5. The molecule has 0 aliphatic rings. The quantitative estimate of drug-likeness (QED) is 0.846. The van der Waals surface area contributed by atoms with Gasteiger partial charge in [0, 0.05) is 12.3 Å². The molecule has 0 radical (unpaired) electrons. The highest BCUT2D eigenvalue weighted by Gasteiger charge is 2.22. The van der Waals surface area contributed by atoms with Gasteiger partial charge in [0.1, 0.15) is 17.7 Å². The largest absolute Gasteiger partial charge is 0.443 e. The van der Waals surface area contributed by atoms with Crippen LogP contribution in [0, 0.1) is 13.8 Å². The Kier molecular flexibility index (Phi) is 5.35. The first-order valence-corrected chi connectivity index (χ1v) is 8.13. The number of hydrogen-bond donors (Lipinski definition) is 1. The summed E-state index contributed by atoms with van der Waals surface area (Å²) in [5, 5.41) is 0.288. The van der Waals surface area contributed by atoms with Gasteiger partial charge in [0.25, 0.3) is 0 Å². The minimum absolute atomic E-state index is 0.232. The van der Waals surface area contributed by atoms with Crippen molar-refractivity contribution in [3.05, 3.63) is 22.2 Å². The Morgan fingerprint density at radius 1 is 1.29 bits per heavy atom. The normalized spacial score (nSPS) is 11.8. The maximum Gasteiger partial charge on any atom is 0.427 e. The summed E-state index contributed by atoms with van der Waals surface area (Å²) in [6, 6.07) is 0. The van der Waals surface area contributed by atoms with Crippen LogP contribution in [0.3, 0.4) is 0 Å². The van der Waals surface area contributed by atoms with Crippen molar-refractivity contribution in [1.82, 2.24) is 14.6 Å². The van der Waals surface area contributed by atoms with Crippen LogP contribution in [-0.4, -0.2) is 32.9 Å². The number of rotatable bonds is 4. The summed E-state index contributed by atoms with van der Waals surface area (Å²) in [5.74, 6) is 0.523. The van der Waals surface area contributed by atoms with Gasteiger partial charge in [-0.15, -0.1) is 0 Å². The molecule has 1 N–H and O–H groups in total. The van der Waals surface area contributed by atoms with E-state index in [1.165, 1.54) is 0 Å². The van der Waals surface area contributed by atoms with Crippen molar-refractivity contribution in [2.75, 3.05) is 12.0 Å². The number of nitrogens with one attached hydrogen (secondary N) is 1. The van der Waals surface area contributed by atoms with E-state index in [2.05, 4.69) is 15.4 Å². The zero-order valence-corrected chi connectivity index (χ0v) is 15.6. The maximum absolute atomic E-state index is 12.2. The fourth-order valence-corrected chi connectivity index (χ4v) is 2.47. The highest BCUT2D eigenvalue weighted by molar-refractivity contribution is 6.33. The molecule has 0 unspecified atom stereocenters. The van der Waals surface area contributed by atoms with Gasteiger partial charge in [-0.05, 0) is 47.1 Å². The smallest absolute Gasteiger partial charge is 0.427 e. The molecule has 132 valence electrons. The van der Waals surface area contributed by atoms with E-state index >= 15 is 0 Å². The highest BCUT2D eigenvalue weighted by Crippen LogP contribution is 2.27. The van der Waals surface area contributed by atoms with E-state index in [1.54, 1.807) is 25.4 Å². The average Bonchev–Trinajstić information content (AvgIpc) is 2.80. The number of carbonyl (C=O) groups is 1. The third-order valence-corrected chi connectivity index (χ3v) is 3.61. The highest BCUT2D eigenvalue weighted by atomic mass is 35.5. The SMILES string of the molecule is CCOCc1nc2c(Cl)nc(C)c(C)c2n1NC(=O)OC(C)(C)C. The van der Waals surface area contributed by atoms with E-state index in [0.29, 0.717) is 23.5 Å². The van der Waals surface area contributed by atoms with Crippen molar-refractivity contribution < 1.29 is 14.3 Å². The number of pyridine rings is 1. The molecule has 0 saturated heterocycles. The topological polar surface area (TPSA) is 78.3 Å². The van der Waals surface area contributed by atoms with Crippen LogP contribution < -0.4 is 5.43 Å². The Hall–Kier alpha value is -1.86. The van der Waals surface area contributed by atoms with Gasteiger partial charge < -0.3 is 9.47 Å². The van der Waals surface area contributed by atoms with Crippen molar-refractivity contribution >= 4 is 28.7 Å². The summed E-state index contributed by atoms with van der Waals surface area (Å²) in [6.07, 6.45) is -0.579. The summed E-state index contributed by atoms with van der Waals surface area (Å²) in [6.45, 7) is 11.8. The Balaban J connectivity index is 2.53. The fraction of sp³-hybridized carbons (Fsp3) is 0.562. The van der Waals surface area contributed by atoms with E-state index in [4.69, 9.17) is 21.1 Å². The number of halogens is 1. The predicted molar refractivity (Wildman–Crippen MR) is 92.9 cm³/mol. The van der Waals surface area contributed by atoms with E-state index in [9.17, 15) is 4.79 Å². The minimum atomic E-state index is -0.606. The summed E-state index contributed by atoms with van der Waals surface area (Å²) in [4.78, 5) is 21.0. The lowest BCUT2D eigenvalue weighted by atomic mass is 10.2. The van der Waals surface area contributed by atoms with Crippen LogP contribution in [0.1, 0.15) is 44.8 Å². The number of amides is 1. The van der Waals surface area contributed by atoms with Gasteiger partial charge in [-0.3, -0.25) is 0 Å². The molecule has 2 rings (SSSR count). The molecule has 0 aliphatic heterocycles. The Labute approximate surface area is 146 Å². The van der Waals surface area contributed by atoms with Gasteiger partial charge in [0.2, 0.25) is 0 Å². The molecule has 2 aromatic rings. The number of imidazole rings is 1. The van der Waals surface area contributed by atoms with Crippen LogP contribution >= 0.6 is 11.6 Å². The van der Waals surface area contributed by atoms with Crippen LogP contribution in [0.4, 0.5) is 4.79 Å². The molecule has 2 heterocycles. The number of nitrogens with zero attached hydrogens (tertiary/aromatic N) is 3. The van der Waals surface area contributed by atoms with E-state index in [0.717, 1.165) is 11.3 Å². The van der Waals surface area contributed by atoms with Crippen molar-refractivity contribution in [3.8, 4) is 0 Å². The molecule has 24 heavy (non-hydrogen) atoms. The lowest BCUT2D eigenvalue weighted by molar-refractivity contribution is 0.0610. The number of aromatic nitrogens is 3. The first kappa shape index (κ1) is 18.5. The zero-order valence-electron chi connectivity index (χ0n) is 14.9. The third kappa shape index (κ3) is 3.96. The van der Waals surface area contributed by atoms with E-state index in [-0.39, 0.29) is 11.8 Å². The first-order valence-electron chi connectivity index (χ1n) is 7.75. The molecule has 0 atom stereocenters. The van der Waals surface area contributed by atoms with Crippen molar-refractivity contribution in [2.45, 2.75) is 53.8 Å². The molecular weight excluding hydrogens is 332 g/mol. The number of aryl methyl sites for hydroxylation is 2. The molecule has 0 bridgehead atoms. The molecular formula is C16H23ClN4O3. The second-order valence-corrected chi connectivity index (χ2v) is 6.78. The van der Waals surface area contributed by atoms with Gasteiger partial charge in [0.15, 0.2) is 11.0 Å². The maximum atomic E-state index is 12.2. The number of carbonyl (C=O) groups excluding carboxylic acids is 1.